The monoisotopic (exact) mass is 236 g/mol. The van der Waals surface area contributed by atoms with Crippen LogP contribution in [0.4, 0.5) is 4.39 Å². The number of hydrogen-bond donors (Lipinski definition) is 1. The van der Waals surface area contributed by atoms with Gasteiger partial charge in [-0.15, -0.1) is 0 Å². The van der Waals surface area contributed by atoms with Crippen LogP contribution < -0.4 is 5.48 Å². The minimum Gasteiger partial charge on any atom is -0.267 e. The van der Waals surface area contributed by atoms with Crippen LogP contribution in [-0.4, -0.2) is 17.8 Å². The Morgan fingerprint density at radius 3 is 2.88 bits per heavy atom. The molecule has 2 rings (SSSR count). The Kier molecular flexibility index (Phi) is 3.41. The van der Waals surface area contributed by atoms with Gasteiger partial charge < -0.3 is 0 Å². The molecule has 1 aliphatic heterocycles. The number of rotatable bonds is 3. The van der Waals surface area contributed by atoms with Gasteiger partial charge >= 0.3 is 0 Å². The lowest BCUT2D eigenvalue weighted by molar-refractivity contribution is 0.0571. The molecule has 0 radical (unpaired) electrons. The first-order valence-corrected chi connectivity index (χ1v) is 5.13. The van der Waals surface area contributed by atoms with Crippen molar-refractivity contribution in [1.29, 1.82) is 0 Å². The molecule has 1 unspecified atom stereocenters. The lowest BCUT2D eigenvalue weighted by atomic mass is 10.1. The van der Waals surface area contributed by atoms with Crippen molar-refractivity contribution in [3.05, 3.63) is 41.7 Å². The summed E-state index contributed by atoms with van der Waals surface area (Å²) in [5.41, 5.74) is 4.45. The molecular formula is C11H9FN2OS. The number of benzene rings is 1. The predicted octanol–water partition coefficient (Wildman–Crippen LogP) is 2.17. The minimum absolute atomic E-state index is 0.157. The number of hydroxylamine groups is 1. The highest BCUT2D eigenvalue weighted by Crippen LogP contribution is 2.18. The normalized spacial score (nSPS) is 18.6. The van der Waals surface area contributed by atoms with E-state index in [-0.39, 0.29) is 11.9 Å². The molecule has 16 heavy (non-hydrogen) atoms. The summed E-state index contributed by atoms with van der Waals surface area (Å²) >= 11 is 4.47. The van der Waals surface area contributed by atoms with Crippen LogP contribution in [0, 0.1) is 5.82 Å². The summed E-state index contributed by atoms with van der Waals surface area (Å²) in [6.07, 6.45) is 1.72. The van der Waals surface area contributed by atoms with Crippen LogP contribution >= 0.6 is 12.2 Å². The molecule has 82 valence electrons. The first-order chi connectivity index (χ1) is 7.79. The van der Waals surface area contributed by atoms with Gasteiger partial charge in [0.2, 0.25) is 0 Å². The molecule has 1 aromatic rings. The maximum absolute atomic E-state index is 12.7. The van der Waals surface area contributed by atoms with Crippen LogP contribution in [-0.2, 0) is 4.84 Å². The molecule has 0 aromatic heterocycles. The fraction of sp³-hybridized carbons (Fsp3) is 0.182. The van der Waals surface area contributed by atoms with E-state index < -0.39 is 0 Å². The number of aliphatic imine (C=N–C) groups is 1. The number of thiocarbonyl (C=S) groups is 1. The van der Waals surface area contributed by atoms with Crippen LogP contribution in [0.2, 0.25) is 0 Å². The minimum atomic E-state index is -0.259. The lowest BCUT2D eigenvalue weighted by Crippen LogP contribution is -2.14. The zero-order valence-corrected chi connectivity index (χ0v) is 9.13. The van der Waals surface area contributed by atoms with E-state index in [1.807, 2.05) is 6.08 Å². The fourth-order valence-electron chi connectivity index (χ4n) is 1.39. The second-order valence-corrected chi connectivity index (χ2v) is 3.46. The SMILES string of the molecule is Fc1ccc(C2=CC(CN=C=S)ON2)cc1. The molecule has 3 nitrogen and oxygen atoms in total. The van der Waals surface area contributed by atoms with Crippen LogP contribution in [0.25, 0.3) is 5.70 Å². The Morgan fingerprint density at radius 1 is 1.44 bits per heavy atom. The van der Waals surface area contributed by atoms with E-state index in [1.165, 1.54) is 12.1 Å². The van der Waals surface area contributed by atoms with E-state index in [4.69, 9.17) is 4.84 Å². The van der Waals surface area contributed by atoms with E-state index in [9.17, 15) is 4.39 Å². The molecule has 0 saturated carbocycles. The molecule has 0 bridgehead atoms. The van der Waals surface area contributed by atoms with Crippen LogP contribution in [0.1, 0.15) is 5.56 Å². The highest BCUT2D eigenvalue weighted by Gasteiger charge is 2.16. The Balaban J connectivity index is 2.11. The van der Waals surface area contributed by atoms with E-state index in [1.54, 1.807) is 12.1 Å². The van der Waals surface area contributed by atoms with Crippen molar-refractivity contribution in [2.24, 2.45) is 4.99 Å². The molecule has 1 atom stereocenters. The number of nitrogens with zero attached hydrogens (tertiary/aromatic N) is 1. The predicted molar refractivity (Wildman–Crippen MR) is 62.3 cm³/mol. The largest absolute Gasteiger partial charge is 0.267 e. The van der Waals surface area contributed by atoms with Crippen LogP contribution in [0.15, 0.2) is 35.3 Å². The van der Waals surface area contributed by atoms with E-state index in [2.05, 4.69) is 27.9 Å². The van der Waals surface area contributed by atoms with Gasteiger partial charge in [-0.25, -0.2) is 9.38 Å². The van der Waals surface area contributed by atoms with E-state index in [0.29, 0.717) is 6.54 Å². The Bertz CT molecular complexity index is 452. The zero-order chi connectivity index (χ0) is 11.4. The summed E-state index contributed by atoms with van der Waals surface area (Å²) in [5, 5.41) is 2.28. The molecule has 1 heterocycles. The fourth-order valence-corrected chi connectivity index (χ4v) is 1.47. The number of isothiocyanates is 1. The van der Waals surface area contributed by atoms with Crippen LogP contribution in [0.5, 0.6) is 0 Å². The molecule has 5 heteroatoms. The molecule has 0 amide bonds. The quantitative estimate of drug-likeness (QED) is 0.645. The summed E-state index contributed by atoms with van der Waals surface area (Å²) in [6, 6.07) is 6.17. The zero-order valence-electron chi connectivity index (χ0n) is 8.31. The average Bonchev–Trinajstić information content (AvgIpc) is 2.76. The van der Waals surface area contributed by atoms with Gasteiger partial charge in [0.25, 0.3) is 0 Å². The molecule has 0 spiro atoms. The van der Waals surface area contributed by atoms with Crippen molar-refractivity contribution in [3.8, 4) is 0 Å². The maximum atomic E-state index is 12.7. The Hall–Kier alpha value is -1.55. The van der Waals surface area contributed by atoms with Crippen molar-refractivity contribution in [3.63, 3.8) is 0 Å². The van der Waals surface area contributed by atoms with Crippen molar-refractivity contribution >= 4 is 23.1 Å². The van der Waals surface area contributed by atoms with Crippen molar-refractivity contribution in [2.75, 3.05) is 6.54 Å². The lowest BCUT2D eigenvalue weighted by Gasteiger charge is -2.03. The highest BCUT2D eigenvalue weighted by atomic mass is 32.1. The first-order valence-electron chi connectivity index (χ1n) is 4.72. The molecule has 1 aliphatic rings. The molecule has 1 aromatic carbocycles. The molecule has 0 aliphatic carbocycles. The summed E-state index contributed by atoms with van der Waals surface area (Å²) < 4.78 is 12.7. The molecule has 1 N–H and O–H groups in total. The van der Waals surface area contributed by atoms with Gasteiger partial charge in [0.1, 0.15) is 11.9 Å². The molecular weight excluding hydrogens is 227 g/mol. The second-order valence-electron chi connectivity index (χ2n) is 3.28. The van der Waals surface area contributed by atoms with Gasteiger partial charge in [-0.2, -0.15) is 0 Å². The second kappa shape index (κ2) is 4.99. The van der Waals surface area contributed by atoms with Crippen LogP contribution in [0.3, 0.4) is 0 Å². The van der Waals surface area contributed by atoms with Gasteiger partial charge in [0.15, 0.2) is 0 Å². The highest BCUT2D eigenvalue weighted by molar-refractivity contribution is 7.78. The van der Waals surface area contributed by atoms with Gasteiger partial charge in [0.05, 0.1) is 17.4 Å². The first kappa shape index (κ1) is 11.0. The standard InChI is InChI=1S/C11H9FN2OS/c12-9-3-1-8(2-4-9)11-5-10(15-14-11)6-13-7-16/h1-5,10,14H,6H2. The van der Waals surface area contributed by atoms with E-state index in [0.717, 1.165) is 11.3 Å². The van der Waals surface area contributed by atoms with Crippen molar-refractivity contribution in [2.45, 2.75) is 6.10 Å². The average molecular weight is 236 g/mol. The number of hydrogen-bond acceptors (Lipinski definition) is 4. The Labute approximate surface area is 97.6 Å². The molecule has 0 fully saturated rings. The maximum Gasteiger partial charge on any atom is 0.126 e. The van der Waals surface area contributed by atoms with Crippen molar-refractivity contribution < 1.29 is 9.23 Å². The van der Waals surface area contributed by atoms with Gasteiger partial charge in [0, 0.05) is 0 Å². The van der Waals surface area contributed by atoms with Crippen molar-refractivity contribution in [1.82, 2.24) is 5.48 Å². The van der Waals surface area contributed by atoms with Gasteiger partial charge in [-0.1, -0.05) is 0 Å². The third-order valence-electron chi connectivity index (χ3n) is 2.16. The van der Waals surface area contributed by atoms with Gasteiger partial charge in [-0.3, -0.25) is 10.3 Å². The van der Waals surface area contributed by atoms with Gasteiger partial charge in [-0.05, 0) is 48.1 Å². The topological polar surface area (TPSA) is 33.6 Å². The third kappa shape index (κ3) is 2.52. The van der Waals surface area contributed by atoms with E-state index >= 15 is 0 Å². The third-order valence-corrected chi connectivity index (χ3v) is 2.29. The summed E-state index contributed by atoms with van der Waals surface area (Å²) in [6.45, 7) is 0.432. The molecule has 0 saturated heterocycles. The summed E-state index contributed by atoms with van der Waals surface area (Å²) in [4.78, 5) is 9.03. The summed E-state index contributed by atoms with van der Waals surface area (Å²) in [7, 11) is 0. The number of nitrogens with one attached hydrogen (secondary N) is 1. The Morgan fingerprint density at radius 2 is 2.19 bits per heavy atom. The smallest absolute Gasteiger partial charge is 0.126 e. The summed E-state index contributed by atoms with van der Waals surface area (Å²) in [5.74, 6) is -0.259. The number of halogens is 1.